The van der Waals surface area contributed by atoms with Gasteiger partial charge in [0.2, 0.25) is 0 Å². The van der Waals surface area contributed by atoms with Crippen LogP contribution in [-0.4, -0.2) is 28.6 Å². The molecule has 0 radical (unpaired) electrons. The molecule has 1 rings (SSSR count). The molecule has 0 bridgehead atoms. The lowest BCUT2D eigenvalue weighted by atomic mass is 10.0. The minimum Gasteiger partial charge on any atom is -0.394 e. The van der Waals surface area contributed by atoms with E-state index in [1.54, 1.807) is 0 Å². The standard InChI is InChI=1S/C12H15IN2O4/c1-7(2)11(6-16)14-12(17)9-5-8(15(18)19)3-4-10(9)13/h3-5,7,11,16H,6H2,1-2H3,(H,14,17). The quantitative estimate of drug-likeness (QED) is 0.465. The molecular weight excluding hydrogens is 363 g/mol. The average molecular weight is 378 g/mol. The number of carbonyl (C=O) groups is 1. The van der Waals surface area contributed by atoms with E-state index in [1.165, 1.54) is 18.2 Å². The number of non-ortho nitro benzene ring substituents is 1. The van der Waals surface area contributed by atoms with Gasteiger partial charge in [-0.15, -0.1) is 0 Å². The normalized spacial score (nSPS) is 12.3. The van der Waals surface area contributed by atoms with Crippen LogP contribution in [0, 0.1) is 19.6 Å². The number of nitrogens with zero attached hydrogens (tertiary/aromatic N) is 1. The van der Waals surface area contributed by atoms with E-state index in [0.717, 1.165) is 0 Å². The van der Waals surface area contributed by atoms with Gasteiger partial charge in [0.15, 0.2) is 0 Å². The van der Waals surface area contributed by atoms with Crippen molar-refractivity contribution >= 4 is 34.2 Å². The van der Waals surface area contributed by atoms with Crippen molar-refractivity contribution in [2.45, 2.75) is 19.9 Å². The van der Waals surface area contributed by atoms with Gasteiger partial charge in [-0.25, -0.2) is 0 Å². The van der Waals surface area contributed by atoms with Crippen LogP contribution < -0.4 is 5.32 Å². The summed E-state index contributed by atoms with van der Waals surface area (Å²) in [4.78, 5) is 22.2. The summed E-state index contributed by atoms with van der Waals surface area (Å²) < 4.78 is 0.626. The highest BCUT2D eigenvalue weighted by atomic mass is 127. The highest BCUT2D eigenvalue weighted by Gasteiger charge is 2.20. The lowest BCUT2D eigenvalue weighted by molar-refractivity contribution is -0.384. The van der Waals surface area contributed by atoms with Crippen LogP contribution in [0.25, 0.3) is 0 Å². The van der Waals surface area contributed by atoms with Gasteiger partial charge in [-0.05, 0) is 34.6 Å². The molecule has 19 heavy (non-hydrogen) atoms. The summed E-state index contributed by atoms with van der Waals surface area (Å²) in [5.41, 5.74) is 0.115. The van der Waals surface area contributed by atoms with Gasteiger partial charge in [0.25, 0.3) is 11.6 Å². The number of nitro benzene ring substituents is 1. The predicted molar refractivity (Wildman–Crippen MR) is 79.0 cm³/mol. The number of rotatable bonds is 5. The van der Waals surface area contributed by atoms with E-state index in [0.29, 0.717) is 3.57 Å². The molecule has 0 aliphatic carbocycles. The summed E-state index contributed by atoms with van der Waals surface area (Å²) in [6.45, 7) is 3.58. The average Bonchev–Trinajstić information content (AvgIpc) is 2.35. The minimum absolute atomic E-state index is 0.0744. The van der Waals surface area contributed by atoms with E-state index in [1.807, 2.05) is 36.4 Å². The Morgan fingerprint density at radius 3 is 2.63 bits per heavy atom. The Labute approximate surface area is 124 Å². The number of nitro groups is 1. The Morgan fingerprint density at radius 1 is 1.53 bits per heavy atom. The van der Waals surface area contributed by atoms with Crippen LogP contribution in [0.15, 0.2) is 18.2 Å². The molecule has 0 saturated heterocycles. The Balaban J connectivity index is 2.99. The number of aliphatic hydroxyl groups is 1. The fourth-order valence-electron chi connectivity index (χ4n) is 1.47. The summed E-state index contributed by atoms with van der Waals surface area (Å²) in [7, 11) is 0. The molecule has 6 nitrogen and oxygen atoms in total. The lowest BCUT2D eigenvalue weighted by Gasteiger charge is -2.20. The SMILES string of the molecule is CC(C)C(CO)NC(=O)c1cc([N+](=O)[O-])ccc1I. The molecule has 7 heteroatoms. The van der Waals surface area contributed by atoms with Crippen LogP contribution in [0.4, 0.5) is 5.69 Å². The second-order valence-electron chi connectivity index (χ2n) is 4.43. The zero-order valence-electron chi connectivity index (χ0n) is 10.6. The highest BCUT2D eigenvalue weighted by molar-refractivity contribution is 14.1. The van der Waals surface area contributed by atoms with Gasteiger partial charge in [-0.3, -0.25) is 14.9 Å². The zero-order valence-corrected chi connectivity index (χ0v) is 12.7. The number of carbonyl (C=O) groups excluding carboxylic acids is 1. The Kier molecular flexibility index (Phi) is 5.67. The molecule has 104 valence electrons. The van der Waals surface area contributed by atoms with E-state index in [9.17, 15) is 20.0 Å². The second-order valence-corrected chi connectivity index (χ2v) is 5.59. The van der Waals surface area contributed by atoms with Crippen molar-refractivity contribution in [3.05, 3.63) is 37.4 Å². The third-order valence-electron chi connectivity index (χ3n) is 2.72. The Bertz CT molecular complexity index is 491. The first-order valence-corrected chi connectivity index (χ1v) is 6.80. The minimum atomic E-state index is -0.543. The third-order valence-corrected chi connectivity index (χ3v) is 3.66. The fraction of sp³-hybridized carbons (Fsp3) is 0.417. The summed E-state index contributed by atoms with van der Waals surface area (Å²) in [6, 6.07) is 3.75. The Morgan fingerprint density at radius 2 is 2.16 bits per heavy atom. The molecule has 1 aromatic rings. The van der Waals surface area contributed by atoms with E-state index < -0.39 is 10.8 Å². The lowest BCUT2D eigenvalue weighted by Crippen LogP contribution is -2.41. The highest BCUT2D eigenvalue weighted by Crippen LogP contribution is 2.19. The molecule has 0 fully saturated rings. The number of benzene rings is 1. The summed E-state index contributed by atoms with van der Waals surface area (Å²) in [5, 5.41) is 22.6. The van der Waals surface area contributed by atoms with Gasteiger partial charge in [0.05, 0.1) is 23.1 Å². The van der Waals surface area contributed by atoms with Crippen molar-refractivity contribution in [3.63, 3.8) is 0 Å². The van der Waals surface area contributed by atoms with Crippen molar-refractivity contribution < 1.29 is 14.8 Å². The van der Waals surface area contributed by atoms with Crippen LogP contribution in [0.5, 0.6) is 0 Å². The van der Waals surface area contributed by atoms with Gasteiger partial charge in [-0.2, -0.15) is 0 Å². The number of hydrogen-bond acceptors (Lipinski definition) is 4. The molecule has 0 spiro atoms. The number of hydrogen-bond donors (Lipinski definition) is 2. The maximum Gasteiger partial charge on any atom is 0.270 e. The maximum absolute atomic E-state index is 12.1. The van der Waals surface area contributed by atoms with Crippen molar-refractivity contribution in [2.24, 2.45) is 5.92 Å². The first-order chi connectivity index (χ1) is 8.86. The molecule has 0 aliphatic heterocycles. The van der Waals surface area contributed by atoms with E-state index in [-0.39, 0.29) is 29.8 Å². The maximum atomic E-state index is 12.1. The molecule has 1 atom stereocenters. The first-order valence-electron chi connectivity index (χ1n) is 5.72. The van der Waals surface area contributed by atoms with Crippen LogP contribution >= 0.6 is 22.6 Å². The largest absolute Gasteiger partial charge is 0.394 e. The van der Waals surface area contributed by atoms with Crippen LogP contribution in [0.3, 0.4) is 0 Å². The van der Waals surface area contributed by atoms with Gasteiger partial charge in [0.1, 0.15) is 0 Å². The fourth-order valence-corrected chi connectivity index (χ4v) is 2.05. The molecule has 0 aromatic heterocycles. The van der Waals surface area contributed by atoms with Crippen LogP contribution in [0.1, 0.15) is 24.2 Å². The van der Waals surface area contributed by atoms with Crippen LogP contribution in [0.2, 0.25) is 0 Å². The number of amides is 1. The molecule has 1 amide bonds. The third kappa shape index (κ3) is 4.13. The first kappa shape index (κ1) is 15.8. The van der Waals surface area contributed by atoms with Crippen molar-refractivity contribution in [2.75, 3.05) is 6.61 Å². The summed E-state index contributed by atoms with van der Waals surface area (Å²) >= 11 is 1.95. The van der Waals surface area contributed by atoms with E-state index >= 15 is 0 Å². The van der Waals surface area contributed by atoms with Gasteiger partial charge in [-0.1, -0.05) is 13.8 Å². The van der Waals surface area contributed by atoms with E-state index in [4.69, 9.17) is 0 Å². The smallest absolute Gasteiger partial charge is 0.270 e. The molecule has 1 aromatic carbocycles. The zero-order chi connectivity index (χ0) is 14.6. The monoisotopic (exact) mass is 378 g/mol. The second kappa shape index (κ2) is 6.80. The number of nitrogens with one attached hydrogen (secondary N) is 1. The number of aliphatic hydroxyl groups excluding tert-OH is 1. The molecule has 1 unspecified atom stereocenters. The summed E-state index contributed by atoms with van der Waals surface area (Å²) in [6.07, 6.45) is 0. The molecular formula is C12H15IN2O4. The van der Waals surface area contributed by atoms with Crippen molar-refractivity contribution in [1.29, 1.82) is 0 Å². The van der Waals surface area contributed by atoms with E-state index in [2.05, 4.69) is 5.32 Å². The predicted octanol–water partition coefficient (Wildman–Crippen LogP) is 1.95. The Hall–Kier alpha value is -1.22. The molecule has 0 saturated carbocycles. The van der Waals surface area contributed by atoms with Gasteiger partial charge >= 0.3 is 0 Å². The summed E-state index contributed by atoms with van der Waals surface area (Å²) in [5.74, 6) is -0.342. The molecule has 2 N–H and O–H groups in total. The van der Waals surface area contributed by atoms with Gasteiger partial charge in [0, 0.05) is 15.7 Å². The van der Waals surface area contributed by atoms with Crippen molar-refractivity contribution in [3.8, 4) is 0 Å². The number of halogens is 1. The van der Waals surface area contributed by atoms with Crippen LogP contribution in [-0.2, 0) is 0 Å². The topological polar surface area (TPSA) is 92.5 Å². The molecule has 0 aliphatic rings. The van der Waals surface area contributed by atoms with Crippen molar-refractivity contribution in [1.82, 2.24) is 5.32 Å². The van der Waals surface area contributed by atoms with Gasteiger partial charge < -0.3 is 10.4 Å². The molecule has 0 heterocycles.